The number of aromatic nitrogens is 2. The molecule has 2 aliphatic heterocycles. The average Bonchev–Trinajstić information content (AvgIpc) is 2.67. The molecule has 26 heavy (non-hydrogen) atoms. The van der Waals surface area contributed by atoms with Crippen LogP contribution in [0.1, 0.15) is 27.4 Å². The Hall–Kier alpha value is -2.47. The first-order valence-electron chi connectivity index (χ1n) is 9.25. The summed E-state index contributed by atoms with van der Waals surface area (Å²) in [4.78, 5) is 28.3. The van der Waals surface area contributed by atoms with E-state index in [1.54, 1.807) is 0 Å². The normalized spacial score (nSPS) is 17.9. The van der Waals surface area contributed by atoms with Crippen LogP contribution in [0.2, 0.25) is 0 Å². The fourth-order valence-corrected chi connectivity index (χ4v) is 3.69. The van der Waals surface area contributed by atoms with Crippen molar-refractivity contribution in [2.24, 2.45) is 0 Å². The quantitative estimate of drug-likeness (QED) is 0.825. The molecule has 3 heterocycles. The minimum atomic E-state index is 0.0160. The molecule has 2 aromatic rings. The SMILES string of the molecule is Cc1nc(C(=O)N2CCN(C)CC2)cc(N2CCc3ccccc3C2)n1. The van der Waals surface area contributed by atoms with Gasteiger partial charge in [0.1, 0.15) is 17.3 Å². The molecule has 0 bridgehead atoms. The number of aryl methyl sites for hydroxylation is 1. The van der Waals surface area contributed by atoms with Crippen LogP contribution in [-0.4, -0.2) is 65.4 Å². The monoisotopic (exact) mass is 351 g/mol. The first-order chi connectivity index (χ1) is 12.6. The van der Waals surface area contributed by atoms with Crippen molar-refractivity contribution in [3.05, 3.63) is 53.0 Å². The van der Waals surface area contributed by atoms with Crippen LogP contribution >= 0.6 is 0 Å². The molecule has 1 aromatic carbocycles. The molecule has 0 radical (unpaired) electrons. The molecule has 1 fully saturated rings. The average molecular weight is 351 g/mol. The van der Waals surface area contributed by atoms with E-state index < -0.39 is 0 Å². The fraction of sp³-hybridized carbons (Fsp3) is 0.450. The standard InChI is InChI=1S/C20H25N5O/c1-15-21-18(20(26)24-11-9-23(2)10-12-24)13-19(22-15)25-8-7-16-5-3-4-6-17(16)14-25/h3-6,13H,7-12,14H2,1-2H3. The second kappa shape index (κ2) is 7.03. The van der Waals surface area contributed by atoms with Crippen molar-refractivity contribution >= 4 is 11.7 Å². The topological polar surface area (TPSA) is 52.6 Å². The largest absolute Gasteiger partial charge is 0.352 e. The summed E-state index contributed by atoms with van der Waals surface area (Å²) in [5.41, 5.74) is 3.25. The Morgan fingerprint density at radius 3 is 2.50 bits per heavy atom. The molecule has 136 valence electrons. The third-order valence-corrected chi connectivity index (χ3v) is 5.29. The van der Waals surface area contributed by atoms with Gasteiger partial charge in [0.2, 0.25) is 0 Å². The van der Waals surface area contributed by atoms with Gasteiger partial charge in [-0.1, -0.05) is 24.3 Å². The van der Waals surface area contributed by atoms with Crippen molar-refractivity contribution in [3.8, 4) is 0 Å². The van der Waals surface area contributed by atoms with E-state index in [2.05, 4.69) is 51.1 Å². The molecule has 0 saturated carbocycles. The number of hydrogen-bond acceptors (Lipinski definition) is 5. The van der Waals surface area contributed by atoms with Gasteiger partial charge in [-0.3, -0.25) is 4.79 Å². The first-order valence-corrected chi connectivity index (χ1v) is 9.25. The summed E-state index contributed by atoms with van der Waals surface area (Å²) in [6.07, 6.45) is 1.00. The van der Waals surface area contributed by atoms with E-state index in [0.29, 0.717) is 11.5 Å². The Morgan fingerprint density at radius 2 is 1.73 bits per heavy atom. The molecule has 0 aliphatic carbocycles. The molecular formula is C20H25N5O. The number of anilines is 1. The zero-order chi connectivity index (χ0) is 18.1. The van der Waals surface area contributed by atoms with Gasteiger partial charge in [0.05, 0.1) is 0 Å². The van der Waals surface area contributed by atoms with Crippen molar-refractivity contribution in [1.29, 1.82) is 0 Å². The van der Waals surface area contributed by atoms with Crippen molar-refractivity contribution in [3.63, 3.8) is 0 Å². The maximum absolute atomic E-state index is 12.9. The second-order valence-electron chi connectivity index (χ2n) is 7.19. The summed E-state index contributed by atoms with van der Waals surface area (Å²) in [6.45, 7) is 6.93. The molecule has 6 heteroatoms. The lowest BCUT2D eigenvalue weighted by molar-refractivity contribution is 0.0658. The van der Waals surface area contributed by atoms with Crippen molar-refractivity contribution in [1.82, 2.24) is 19.8 Å². The zero-order valence-corrected chi connectivity index (χ0v) is 15.5. The van der Waals surface area contributed by atoms with Crippen LogP contribution in [0.15, 0.2) is 30.3 Å². The number of hydrogen-bond donors (Lipinski definition) is 0. The molecule has 2 aliphatic rings. The number of likely N-dealkylation sites (N-methyl/N-ethyl adjacent to an activating group) is 1. The number of carbonyl (C=O) groups is 1. The van der Waals surface area contributed by atoms with E-state index in [9.17, 15) is 4.79 Å². The lowest BCUT2D eigenvalue weighted by atomic mass is 10.00. The molecule has 1 amide bonds. The lowest BCUT2D eigenvalue weighted by Gasteiger charge is -2.33. The van der Waals surface area contributed by atoms with Crippen LogP contribution in [0.3, 0.4) is 0 Å². The van der Waals surface area contributed by atoms with E-state index >= 15 is 0 Å². The predicted octanol–water partition coefficient (Wildman–Crippen LogP) is 1.74. The van der Waals surface area contributed by atoms with Gasteiger partial charge in [0, 0.05) is 45.3 Å². The van der Waals surface area contributed by atoms with Crippen LogP contribution in [0.4, 0.5) is 5.82 Å². The number of amides is 1. The highest BCUT2D eigenvalue weighted by Crippen LogP contribution is 2.24. The van der Waals surface area contributed by atoms with E-state index in [1.807, 2.05) is 17.9 Å². The Morgan fingerprint density at radius 1 is 1.00 bits per heavy atom. The third-order valence-electron chi connectivity index (χ3n) is 5.29. The fourth-order valence-electron chi connectivity index (χ4n) is 3.69. The van der Waals surface area contributed by atoms with Crippen molar-refractivity contribution < 1.29 is 4.79 Å². The first kappa shape index (κ1) is 17.0. The van der Waals surface area contributed by atoms with Crippen LogP contribution in [0.5, 0.6) is 0 Å². The summed E-state index contributed by atoms with van der Waals surface area (Å²) >= 11 is 0. The zero-order valence-electron chi connectivity index (χ0n) is 15.5. The minimum Gasteiger partial charge on any atom is -0.352 e. The summed E-state index contributed by atoms with van der Waals surface area (Å²) in [6, 6.07) is 10.4. The minimum absolute atomic E-state index is 0.0160. The number of fused-ring (bicyclic) bond motifs is 1. The molecule has 4 rings (SSSR count). The van der Waals surface area contributed by atoms with Gasteiger partial charge in [0.25, 0.3) is 5.91 Å². The van der Waals surface area contributed by atoms with Crippen LogP contribution in [-0.2, 0) is 13.0 Å². The summed E-state index contributed by atoms with van der Waals surface area (Å²) < 4.78 is 0. The second-order valence-corrected chi connectivity index (χ2v) is 7.19. The molecule has 0 unspecified atom stereocenters. The molecule has 6 nitrogen and oxygen atoms in total. The molecule has 1 aromatic heterocycles. The number of piperazine rings is 1. The summed E-state index contributed by atoms with van der Waals surface area (Å²) in [7, 11) is 2.09. The van der Waals surface area contributed by atoms with Gasteiger partial charge in [-0.15, -0.1) is 0 Å². The Balaban J connectivity index is 1.56. The highest BCUT2D eigenvalue weighted by Gasteiger charge is 2.24. The summed E-state index contributed by atoms with van der Waals surface area (Å²) in [5.74, 6) is 1.52. The van der Waals surface area contributed by atoms with Gasteiger partial charge >= 0.3 is 0 Å². The van der Waals surface area contributed by atoms with Gasteiger partial charge in [-0.05, 0) is 31.5 Å². The molecular weight excluding hydrogens is 326 g/mol. The van der Waals surface area contributed by atoms with Gasteiger partial charge in [-0.25, -0.2) is 9.97 Å². The Labute approximate surface area is 154 Å². The van der Waals surface area contributed by atoms with E-state index in [4.69, 9.17) is 0 Å². The Bertz CT molecular complexity index is 814. The highest BCUT2D eigenvalue weighted by molar-refractivity contribution is 5.93. The number of carbonyl (C=O) groups excluding carboxylic acids is 1. The number of nitrogens with zero attached hydrogens (tertiary/aromatic N) is 5. The van der Waals surface area contributed by atoms with E-state index in [1.165, 1.54) is 11.1 Å². The molecule has 1 saturated heterocycles. The molecule has 0 atom stereocenters. The molecule has 0 spiro atoms. The maximum atomic E-state index is 12.9. The highest BCUT2D eigenvalue weighted by atomic mass is 16.2. The predicted molar refractivity (Wildman–Crippen MR) is 101 cm³/mol. The molecule has 0 N–H and O–H groups in total. The van der Waals surface area contributed by atoms with E-state index in [-0.39, 0.29) is 5.91 Å². The van der Waals surface area contributed by atoms with Crippen molar-refractivity contribution in [2.45, 2.75) is 19.9 Å². The lowest BCUT2D eigenvalue weighted by Crippen LogP contribution is -2.47. The number of rotatable bonds is 2. The third kappa shape index (κ3) is 3.42. The number of benzene rings is 1. The van der Waals surface area contributed by atoms with Crippen molar-refractivity contribution in [2.75, 3.05) is 44.7 Å². The van der Waals surface area contributed by atoms with E-state index in [0.717, 1.165) is 51.5 Å². The van der Waals surface area contributed by atoms with Gasteiger partial charge < -0.3 is 14.7 Å². The maximum Gasteiger partial charge on any atom is 0.272 e. The van der Waals surface area contributed by atoms with Gasteiger partial charge in [0.15, 0.2) is 0 Å². The van der Waals surface area contributed by atoms with Crippen LogP contribution in [0, 0.1) is 6.92 Å². The van der Waals surface area contributed by atoms with Gasteiger partial charge in [-0.2, -0.15) is 0 Å². The Kier molecular flexibility index (Phi) is 4.59. The smallest absolute Gasteiger partial charge is 0.272 e. The van der Waals surface area contributed by atoms with Crippen LogP contribution in [0.25, 0.3) is 0 Å². The summed E-state index contributed by atoms with van der Waals surface area (Å²) in [5, 5.41) is 0. The van der Waals surface area contributed by atoms with Crippen LogP contribution < -0.4 is 4.90 Å².